The zero-order valence-corrected chi connectivity index (χ0v) is 38.5. The Morgan fingerprint density at radius 1 is 0.323 bits per heavy atom. The Balaban J connectivity index is 1.13. The third kappa shape index (κ3) is 9.24. The Kier molecular flexibility index (Phi) is 13.6. The first-order chi connectivity index (χ1) is 32.1. The first kappa shape index (κ1) is 43.4. The number of benzene rings is 8. The van der Waals surface area contributed by atoms with Crippen LogP contribution in [0.1, 0.15) is 89.2 Å². The van der Waals surface area contributed by atoms with E-state index in [2.05, 4.69) is 242 Å². The quantitative estimate of drug-likeness (QED) is 0.0751. The topological polar surface area (TPSA) is 9.72 Å². The minimum absolute atomic E-state index is 0.107. The number of hydrogen-bond donors (Lipinski definition) is 0. The highest BCUT2D eigenvalue weighted by atomic mass is 15.1. The SMILES string of the molecule is CCCCCCC1(CCCCCC)c2cc(N(c3ccccc3)c3ccccc3)ccc2-c2ccc(N(c3ccccc3)c3ccc(-c4ccc(N(C)c5ccccc5)cc4)cc3)cc21. The number of anilines is 8. The predicted molar refractivity (Wildman–Crippen MR) is 279 cm³/mol. The smallest absolute Gasteiger partial charge is 0.0465 e. The average Bonchev–Trinajstić information content (AvgIpc) is 3.63. The molecule has 1 aliphatic rings. The molecular formula is C62H63N3. The Morgan fingerprint density at radius 2 is 0.646 bits per heavy atom. The molecule has 65 heavy (non-hydrogen) atoms. The molecule has 8 aromatic rings. The van der Waals surface area contributed by atoms with Crippen LogP contribution in [-0.4, -0.2) is 7.05 Å². The number of para-hydroxylation sites is 4. The monoisotopic (exact) mass is 850 g/mol. The van der Waals surface area contributed by atoms with Gasteiger partial charge >= 0.3 is 0 Å². The summed E-state index contributed by atoms with van der Waals surface area (Å²) in [6, 6.07) is 76.0. The van der Waals surface area contributed by atoms with E-state index in [1.165, 1.54) is 119 Å². The molecule has 0 fully saturated rings. The van der Waals surface area contributed by atoms with Crippen molar-refractivity contribution in [1.29, 1.82) is 0 Å². The molecule has 0 aliphatic heterocycles. The lowest BCUT2D eigenvalue weighted by Gasteiger charge is -2.35. The Morgan fingerprint density at radius 3 is 1.03 bits per heavy atom. The van der Waals surface area contributed by atoms with Crippen molar-refractivity contribution in [3.63, 3.8) is 0 Å². The van der Waals surface area contributed by atoms with Crippen molar-refractivity contribution in [3.05, 3.63) is 217 Å². The fourth-order valence-electron chi connectivity index (χ4n) is 10.2. The molecule has 0 spiro atoms. The van der Waals surface area contributed by atoms with Gasteiger partial charge in [0.2, 0.25) is 0 Å². The van der Waals surface area contributed by atoms with Crippen molar-refractivity contribution >= 4 is 45.5 Å². The number of hydrogen-bond acceptors (Lipinski definition) is 3. The van der Waals surface area contributed by atoms with Gasteiger partial charge in [0.1, 0.15) is 0 Å². The van der Waals surface area contributed by atoms with E-state index < -0.39 is 0 Å². The highest BCUT2D eigenvalue weighted by Crippen LogP contribution is 2.57. The number of fused-ring (bicyclic) bond motifs is 3. The van der Waals surface area contributed by atoms with Crippen molar-refractivity contribution in [2.24, 2.45) is 0 Å². The summed E-state index contributed by atoms with van der Waals surface area (Å²) < 4.78 is 0. The largest absolute Gasteiger partial charge is 0.345 e. The van der Waals surface area contributed by atoms with Crippen LogP contribution in [0.25, 0.3) is 22.3 Å². The van der Waals surface area contributed by atoms with Gasteiger partial charge < -0.3 is 14.7 Å². The summed E-state index contributed by atoms with van der Waals surface area (Å²) in [5.74, 6) is 0. The summed E-state index contributed by atoms with van der Waals surface area (Å²) in [4.78, 5) is 7.13. The molecule has 0 saturated heterocycles. The van der Waals surface area contributed by atoms with Crippen LogP contribution >= 0.6 is 0 Å². The summed E-state index contributed by atoms with van der Waals surface area (Å²) in [7, 11) is 2.13. The highest BCUT2D eigenvalue weighted by Gasteiger charge is 2.43. The van der Waals surface area contributed by atoms with Gasteiger partial charge in [-0.1, -0.05) is 174 Å². The summed E-state index contributed by atoms with van der Waals surface area (Å²) in [6.45, 7) is 4.65. The summed E-state index contributed by atoms with van der Waals surface area (Å²) in [5, 5.41) is 0. The fourth-order valence-corrected chi connectivity index (χ4v) is 10.2. The lowest BCUT2D eigenvalue weighted by molar-refractivity contribution is 0.401. The van der Waals surface area contributed by atoms with Crippen LogP contribution in [0, 0.1) is 0 Å². The van der Waals surface area contributed by atoms with Crippen LogP contribution in [0.4, 0.5) is 45.5 Å². The third-order valence-electron chi connectivity index (χ3n) is 13.7. The molecule has 0 amide bonds. The normalized spacial score (nSPS) is 12.4. The second-order valence-electron chi connectivity index (χ2n) is 17.8. The van der Waals surface area contributed by atoms with Crippen molar-refractivity contribution in [1.82, 2.24) is 0 Å². The minimum atomic E-state index is -0.107. The maximum absolute atomic E-state index is 2.57. The number of rotatable bonds is 19. The van der Waals surface area contributed by atoms with Crippen LogP contribution in [0.5, 0.6) is 0 Å². The van der Waals surface area contributed by atoms with Gasteiger partial charge in [0.25, 0.3) is 0 Å². The average molecular weight is 850 g/mol. The van der Waals surface area contributed by atoms with Crippen LogP contribution in [0.2, 0.25) is 0 Å². The van der Waals surface area contributed by atoms with E-state index in [1.807, 2.05) is 0 Å². The molecule has 1 aliphatic carbocycles. The molecule has 0 aromatic heterocycles. The van der Waals surface area contributed by atoms with E-state index in [1.54, 1.807) is 0 Å². The third-order valence-corrected chi connectivity index (χ3v) is 13.7. The molecule has 3 nitrogen and oxygen atoms in total. The lowest BCUT2D eigenvalue weighted by Crippen LogP contribution is -2.26. The molecule has 0 atom stereocenters. The van der Waals surface area contributed by atoms with E-state index >= 15 is 0 Å². The molecule has 0 bridgehead atoms. The van der Waals surface area contributed by atoms with Crippen molar-refractivity contribution in [2.75, 3.05) is 21.7 Å². The second-order valence-corrected chi connectivity index (χ2v) is 17.8. The van der Waals surface area contributed by atoms with E-state index in [0.717, 1.165) is 24.2 Å². The molecule has 0 saturated carbocycles. The molecule has 0 heterocycles. The predicted octanol–water partition coefficient (Wildman–Crippen LogP) is 18.3. The van der Waals surface area contributed by atoms with E-state index in [9.17, 15) is 0 Å². The summed E-state index contributed by atoms with van der Waals surface area (Å²) >= 11 is 0. The second kappa shape index (κ2) is 20.3. The number of nitrogens with zero attached hydrogens (tertiary/aromatic N) is 3. The molecule has 3 heteroatoms. The van der Waals surface area contributed by atoms with Crippen LogP contribution in [0.15, 0.2) is 206 Å². The molecular weight excluding hydrogens is 787 g/mol. The van der Waals surface area contributed by atoms with Crippen molar-refractivity contribution < 1.29 is 0 Å². The summed E-state index contributed by atoms with van der Waals surface area (Å²) in [6.07, 6.45) is 12.2. The maximum Gasteiger partial charge on any atom is 0.0465 e. The van der Waals surface area contributed by atoms with Gasteiger partial charge in [-0.05, 0) is 143 Å². The Bertz CT molecular complexity index is 2680. The fraction of sp³-hybridized carbons (Fsp3) is 0.226. The van der Waals surface area contributed by atoms with Gasteiger partial charge in [0, 0.05) is 58.0 Å². The first-order valence-corrected chi connectivity index (χ1v) is 24.1. The van der Waals surface area contributed by atoms with Crippen LogP contribution in [0.3, 0.4) is 0 Å². The zero-order valence-electron chi connectivity index (χ0n) is 38.5. The molecule has 0 radical (unpaired) electrons. The molecule has 0 unspecified atom stereocenters. The minimum Gasteiger partial charge on any atom is -0.345 e. The highest BCUT2D eigenvalue weighted by molar-refractivity contribution is 5.89. The van der Waals surface area contributed by atoms with E-state index in [-0.39, 0.29) is 5.41 Å². The standard InChI is InChI=1S/C62H63N3/c1-4-6-8-22-44-62(45-23-9-7-5-2)60-46-56(64(52-26-16-11-17-27-52)53-28-18-12-19-29-53)40-42-58(60)59-43-41-57(47-61(59)62)65(54-30-20-13-21-31-54)55-38-34-49(35-39-55)48-32-36-51(37-33-48)63(3)50-24-14-10-15-25-50/h10-21,24-43,46-47H,4-9,22-23,44-45H2,1-3H3. The van der Waals surface area contributed by atoms with Gasteiger partial charge in [-0.25, -0.2) is 0 Å². The number of unbranched alkanes of at least 4 members (excludes halogenated alkanes) is 6. The first-order valence-electron chi connectivity index (χ1n) is 24.1. The van der Waals surface area contributed by atoms with Gasteiger partial charge in [0.05, 0.1) is 0 Å². The van der Waals surface area contributed by atoms with Gasteiger partial charge in [-0.15, -0.1) is 0 Å². The molecule has 8 aromatic carbocycles. The molecule has 0 N–H and O–H groups in total. The molecule has 326 valence electrons. The Hall–Kier alpha value is -6.84. The van der Waals surface area contributed by atoms with Crippen molar-refractivity contribution in [2.45, 2.75) is 83.5 Å². The maximum atomic E-state index is 2.57. The Labute approximate surface area is 388 Å². The lowest BCUT2D eigenvalue weighted by atomic mass is 9.70. The summed E-state index contributed by atoms with van der Waals surface area (Å²) in [5.41, 5.74) is 17.5. The van der Waals surface area contributed by atoms with Gasteiger partial charge in [-0.2, -0.15) is 0 Å². The van der Waals surface area contributed by atoms with Gasteiger partial charge in [0.15, 0.2) is 0 Å². The molecule has 9 rings (SSSR count). The van der Waals surface area contributed by atoms with Crippen LogP contribution < -0.4 is 14.7 Å². The van der Waals surface area contributed by atoms with Gasteiger partial charge in [-0.3, -0.25) is 0 Å². The van der Waals surface area contributed by atoms with E-state index in [4.69, 9.17) is 0 Å². The van der Waals surface area contributed by atoms with Crippen LogP contribution in [-0.2, 0) is 5.41 Å². The van der Waals surface area contributed by atoms with Crippen molar-refractivity contribution in [3.8, 4) is 22.3 Å². The van der Waals surface area contributed by atoms with E-state index in [0.29, 0.717) is 0 Å². The zero-order chi connectivity index (χ0) is 44.4.